The molecule has 1 unspecified atom stereocenters. The minimum Gasteiger partial charge on any atom is -0.348 e. The second-order valence-electron chi connectivity index (χ2n) is 5.41. The first-order valence-corrected chi connectivity index (χ1v) is 7.44. The molecular weight excluding hydrogens is 276 g/mol. The zero-order chi connectivity index (χ0) is 15.4. The molecule has 22 heavy (non-hydrogen) atoms. The molecule has 4 nitrogen and oxygen atoms in total. The summed E-state index contributed by atoms with van der Waals surface area (Å²) in [4.78, 5) is 23.9. The van der Waals surface area contributed by atoms with Crippen molar-refractivity contribution in [1.82, 2.24) is 10.6 Å². The minimum atomic E-state index is -0.234. The lowest BCUT2D eigenvalue weighted by Gasteiger charge is -2.14. The average Bonchev–Trinajstić information content (AvgIpc) is 2.97. The Bertz CT molecular complexity index is 682. The lowest BCUT2D eigenvalue weighted by atomic mass is 10.1. The number of aryl methyl sites for hydroxylation is 1. The summed E-state index contributed by atoms with van der Waals surface area (Å²) in [6, 6.07) is 17.1. The highest BCUT2D eigenvalue weighted by atomic mass is 16.2. The van der Waals surface area contributed by atoms with Crippen LogP contribution in [-0.2, 0) is 11.2 Å². The van der Waals surface area contributed by atoms with E-state index < -0.39 is 0 Å². The van der Waals surface area contributed by atoms with Crippen LogP contribution in [0, 0.1) is 0 Å². The largest absolute Gasteiger partial charge is 0.348 e. The second kappa shape index (κ2) is 6.43. The van der Waals surface area contributed by atoms with Gasteiger partial charge >= 0.3 is 0 Å². The van der Waals surface area contributed by atoms with Crippen LogP contribution in [0.4, 0.5) is 0 Å². The van der Waals surface area contributed by atoms with Crippen LogP contribution < -0.4 is 10.6 Å². The summed E-state index contributed by atoms with van der Waals surface area (Å²) in [6.07, 6.45) is 1.90. The summed E-state index contributed by atoms with van der Waals surface area (Å²) in [5.74, 6) is -0.395. The Kier molecular flexibility index (Phi) is 4.19. The number of nitrogens with one attached hydrogen (secondary N) is 2. The summed E-state index contributed by atoms with van der Waals surface area (Å²) in [5, 5.41) is 5.63. The number of hydrogen-bond donors (Lipinski definition) is 2. The van der Waals surface area contributed by atoms with Crippen molar-refractivity contribution < 1.29 is 9.59 Å². The highest BCUT2D eigenvalue weighted by molar-refractivity contribution is 5.96. The topological polar surface area (TPSA) is 58.2 Å². The van der Waals surface area contributed by atoms with E-state index in [4.69, 9.17) is 0 Å². The van der Waals surface area contributed by atoms with Gasteiger partial charge in [0.2, 0.25) is 5.91 Å². The van der Waals surface area contributed by atoms with Crippen molar-refractivity contribution in [2.45, 2.75) is 18.9 Å². The second-order valence-corrected chi connectivity index (χ2v) is 5.41. The molecule has 2 aromatic carbocycles. The van der Waals surface area contributed by atoms with E-state index in [1.807, 2.05) is 18.2 Å². The van der Waals surface area contributed by atoms with Crippen molar-refractivity contribution in [3.8, 4) is 0 Å². The zero-order valence-corrected chi connectivity index (χ0v) is 12.2. The number of amides is 2. The molecule has 1 aliphatic carbocycles. The van der Waals surface area contributed by atoms with Gasteiger partial charge in [-0.25, -0.2) is 0 Å². The van der Waals surface area contributed by atoms with Gasteiger partial charge in [-0.1, -0.05) is 42.5 Å². The average molecular weight is 294 g/mol. The molecule has 0 fully saturated rings. The van der Waals surface area contributed by atoms with Crippen molar-refractivity contribution in [1.29, 1.82) is 0 Å². The van der Waals surface area contributed by atoms with Gasteiger partial charge in [-0.3, -0.25) is 9.59 Å². The van der Waals surface area contributed by atoms with Gasteiger partial charge in [0.05, 0.1) is 12.6 Å². The molecule has 0 saturated heterocycles. The quantitative estimate of drug-likeness (QED) is 0.908. The van der Waals surface area contributed by atoms with Gasteiger partial charge in [0, 0.05) is 5.56 Å². The third-order valence-corrected chi connectivity index (χ3v) is 3.91. The van der Waals surface area contributed by atoms with Crippen molar-refractivity contribution in [2.24, 2.45) is 0 Å². The summed E-state index contributed by atoms with van der Waals surface area (Å²) in [6.45, 7) is -0.00755. The SMILES string of the molecule is O=C(CNC(=O)c1ccccc1)NC1CCc2ccccc21. The van der Waals surface area contributed by atoms with E-state index in [9.17, 15) is 9.59 Å². The van der Waals surface area contributed by atoms with Gasteiger partial charge < -0.3 is 10.6 Å². The molecule has 2 aromatic rings. The van der Waals surface area contributed by atoms with Crippen LogP contribution in [-0.4, -0.2) is 18.4 Å². The van der Waals surface area contributed by atoms with Crippen LogP contribution in [0.15, 0.2) is 54.6 Å². The molecule has 0 bridgehead atoms. The Balaban J connectivity index is 1.53. The van der Waals surface area contributed by atoms with E-state index in [2.05, 4.69) is 22.8 Å². The molecule has 4 heteroatoms. The number of fused-ring (bicyclic) bond motifs is 1. The van der Waals surface area contributed by atoms with Gasteiger partial charge in [-0.05, 0) is 36.1 Å². The van der Waals surface area contributed by atoms with Crippen LogP contribution in [0.3, 0.4) is 0 Å². The number of carbonyl (C=O) groups excluding carboxylic acids is 2. The Hall–Kier alpha value is -2.62. The molecule has 0 radical (unpaired) electrons. The zero-order valence-electron chi connectivity index (χ0n) is 12.2. The fourth-order valence-corrected chi connectivity index (χ4v) is 2.80. The van der Waals surface area contributed by atoms with E-state index in [-0.39, 0.29) is 24.4 Å². The van der Waals surface area contributed by atoms with E-state index in [1.165, 1.54) is 11.1 Å². The molecule has 0 spiro atoms. The maximum Gasteiger partial charge on any atom is 0.251 e. The van der Waals surface area contributed by atoms with Gasteiger partial charge in [0.1, 0.15) is 0 Å². The first kappa shape index (κ1) is 14.3. The van der Waals surface area contributed by atoms with Gasteiger partial charge in [-0.15, -0.1) is 0 Å². The van der Waals surface area contributed by atoms with Crippen LogP contribution in [0.5, 0.6) is 0 Å². The fraction of sp³-hybridized carbons (Fsp3) is 0.222. The molecule has 1 atom stereocenters. The summed E-state index contributed by atoms with van der Waals surface area (Å²) in [5.41, 5.74) is 3.04. The molecule has 0 aromatic heterocycles. The third-order valence-electron chi connectivity index (χ3n) is 3.91. The molecule has 2 amide bonds. The van der Waals surface area contributed by atoms with Crippen molar-refractivity contribution in [2.75, 3.05) is 6.54 Å². The predicted molar refractivity (Wildman–Crippen MR) is 84.4 cm³/mol. The van der Waals surface area contributed by atoms with Gasteiger partial charge in [-0.2, -0.15) is 0 Å². The molecule has 0 saturated carbocycles. The summed E-state index contributed by atoms with van der Waals surface area (Å²) in [7, 11) is 0. The summed E-state index contributed by atoms with van der Waals surface area (Å²) >= 11 is 0. The number of rotatable bonds is 4. The Morgan fingerprint density at radius 3 is 2.55 bits per heavy atom. The monoisotopic (exact) mass is 294 g/mol. The number of hydrogen-bond acceptors (Lipinski definition) is 2. The highest BCUT2D eigenvalue weighted by Gasteiger charge is 2.23. The number of benzene rings is 2. The minimum absolute atomic E-state index is 0.00755. The van der Waals surface area contributed by atoms with E-state index in [1.54, 1.807) is 24.3 Å². The molecule has 3 rings (SSSR count). The summed E-state index contributed by atoms with van der Waals surface area (Å²) < 4.78 is 0. The molecular formula is C18H18N2O2. The molecule has 112 valence electrons. The van der Waals surface area contributed by atoms with Gasteiger partial charge in [0.25, 0.3) is 5.91 Å². The first-order chi connectivity index (χ1) is 10.7. The first-order valence-electron chi connectivity index (χ1n) is 7.44. The Labute approximate surface area is 129 Å². The van der Waals surface area contributed by atoms with Crippen molar-refractivity contribution in [3.05, 3.63) is 71.3 Å². The maximum absolute atomic E-state index is 12.0. The van der Waals surface area contributed by atoms with Crippen LogP contribution in [0.25, 0.3) is 0 Å². The van der Waals surface area contributed by atoms with Crippen molar-refractivity contribution >= 4 is 11.8 Å². The molecule has 0 aliphatic heterocycles. The van der Waals surface area contributed by atoms with Crippen LogP contribution in [0.2, 0.25) is 0 Å². The van der Waals surface area contributed by atoms with Crippen LogP contribution in [0.1, 0.15) is 33.9 Å². The van der Waals surface area contributed by atoms with Crippen LogP contribution >= 0.6 is 0 Å². The predicted octanol–water partition coefficient (Wildman–Crippen LogP) is 2.22. The lowest BCUT2D eigenvalue weighted by molar-refractivity contribution is -0.120. The highest BCUT2D eigenvalue weighted by Crippen LogP contribution is 2.30. The lowest BCUT2D eigenvalue weighted by Crippen LogP contribution is -2.38. The van der Waals surface area contributed by atoms with Gasteiger partial charge in [0.15, 0.2) is 0 Å². The Morgan fingerprint density at radius 1 is 1.00 bits per heavy atom. The molecule has 2 N–H and O–H groups in total. The molecule has 1 aliphatic rings. The van der Waals surface area contributed by atoms with E-state index in [0.717, 1.165) is 12.8 Å². The normalized spacial score (nSPS) is 15.9. The van der Waals surface area contributed by atoms with Crippen molar-refractivity contribution in [3.63, 3.8) is 0 Å². The Morgan fingerprint density at radius 2 is 1.73 bits per heavy atom. The fourth-order valence-electron chi connectivity index (χ4n) is 2.80. The molecule has 0 heterocycles. The van der Waals surface area contributed by atoms with E-state index >= 15 is 0 Å². The van der Waals surface area contributed by atoms with E-state index in [0.29, 0.717) is 5.56 Å². The number of carbonyl (C=O) groups is 2. The smallest absolute Gasteiger partial charge is 0.251 e. The third kappa shape index (κ3) is 3.17. The standard InChI is InChI=1S/C18H18N2O2/c21-17(12-19-18(22)14-7-2-1-3-8-14)20-16-11-10-13-6-4-5-9-15(13)16/h1-9,16H,10-12H2,(H,19,22)(H,20,21). The maximum atomic E-state index is 12.0.